The zero-order valence-electron chi connectivity index (χ0n) is 10.6. The van der Waals surface area contributed by atoms with Gasteiger partial charge in [-0.2, -0.15) is 0 Å². The molecule has 0 spiro atoms. The lowest BCUT2D eigenvalue weighted by molar-refractivity contribution is 0.403. The minimum absolute atomic E-state index is 0.0630. The van der Waals surface area contributed by atoms with Gasteiger partial charge in [-0.1, -0.05) is 36.4 Å². The SMILES string of the molecule is Oc1ccc(CC=Cc2ccc3c(c2)CC3)cc1O. The standard InChI is InChI=1S/C17H16O2/c18-16-9-5-13(11-17(16)19)3-1-2-12-4-6-14-7-8-15(14)10-12/h1-2,4-6,9-11,18-19H,3,7-8H2. The van der Waals surface area contributed by atoms with Crippen molar-refractivity contribution in [3.8, 4) is 11.5 Å². The van der Waals surface area contributed by atoms with Crippen LogP contribution in [-0.2, 0) is 19.3 Å². The Morgan fingerprint density at radius 2 is 1.74 bits per heavy atom. The molecular formula is C17H16O2. The molecule has 2 aromatic rings. The van der Waals surface area contributed by atoms with Crippen LogP contribution in [0.15, 0.2) is 42.5 Å². The van der Waals surface area contributed by atoms with E-state index in [-0.39, 0.29) is 11.5 Å². The van der Waals surface area contributed by atoms with Gasteiger partial charge in [0, 0.05) is 0 Å². The van der Waals surface area contributed by atoms with E-state index in [0.29, 0.717) is 0 Å². The van der Waals surface area contributed by atoms with E-state index in [9.17, 15) is 10.2 Å². The lowest BCUT2D eigenvalue weighted by Gasteiger charge is -2.18. The van der Waals surface area contributed by atoms with Crippen LogP contribution < -0.4 is 0 Å². The van der Waals surface area contributed by atoms with Crippen molar-refractivity contribution in [3.05, 3.63) is 64.7 Å². The van der Waals surface area contributed by atoms with Gasteiger partial charge in [0.05, 0.1) is 0 Å². The van der Waals surface area contributed by atoms with E-state index in [4.69, 9.17) is 0 Å². The number of aromatic hydroxyl groups is 2. The number of phenols is 2. The number of benzene rings is 2. The predicted octanol–water partition coefficient (Wildman–Crippen LogP) is 3.45. The van der Waals surface area contributed by atoms with E-state index in [1.54, 1.807) is 6.07 Å². The summed E-state index contributed by atoms with van der Waals surface area (Å²) in [4.78, 5) is 0. The minimum atomic E-state index is -0.0740. The van der Waals surface area contributed by atoms with E-state index in [0.717, 1.165) is 12.0 Å². The van der Waals surface area contributed by atoms with Crippen molar-refractivity contribution in [3.63, 3.8) is 0 Å². The van der Waals surface area contributed by atoms with E-state index < -0.39 is 0 Å². The van der Waals surface area contributed by atoms with Gasteiger partial charge in [0.15, 0.2) is 11.5 Å². The molecule has 0 aromatic heterocycles. The van der Waals surface area contributed by atoms with Crippen LogP contribution in [0.3, 0.4) is 0 Å². The number of hydrogen-bond acceptors (Lipinski definition) is 2. The van der Waals surface area contributed by atoms with Crippen molar-refractivity contribution < 1.29 is 10.2 Å². The molecule has 1 aliphatic rings. The quantitative estimate of drug-likeness (QED) is 0.821. The van der Waals surface area contributed by atoms with Crippen LogP contribution in [0.2, 0.25) is 0 Å². The highest BCUT2D eigenvalue weighted by Crippen LogP contribution is 2.26. The molecule has 0 atom stereocenters. The van der Waals surface area contributed by atoms with E-state index in [1.165, 1.54) is 35.6 Å². The van der Waals surface area contributed by atoms with Crippen molar-refractivity contribution in [2.24, 2.45) is 0 Å². The largest absolute Gasteiger partial charge is 0.504 e. The Balaban J connectivity index is 1.69. The Hall–Kier alpha value is -2.22. The highest BCUT2D eigenvalue weighted by molar-refractivity contribution is 5.54. The second-order valence-corrected chi connectivity index (χ2v) is 4.96. The molecule has 0 radical (unpaired) electrons. The molecule has 0 bridgehead atoms. The Morgan fingerprint density at radius 3 is 2.42 bits per heavy atom. The number of fused-ring (bicyclic) bond motifs is 1. The number of rotatable bonds is 3. The maximum atomic E-state index is 9.42. The number of aryl methyl sites for hydroxylation is 2. The molecule has 3 rings (SSSR count). The number of allylic oxidation sites excluding steroid dienone is 1. The second-order valence-electron chi connectivity index (χ2n) is 4.96. The lowest BCUT2D eigenvalue weighted by Crippen LogP contribution is -2.07. The van der Waals surface area contributed by atoms with Gasteiger partial charge < -0.3 is 10.2 Å². The monoisotopic (exact) mass is 252 g/mol. The first-order valence-electron chi connectivity index (χ1n) is 6.51. The molecule has 2 aromatic carbocycles. The Morgan fingerprint density at radius 1 is 0.895 bits per heavy atom. The summed E-state index contributed by atoms with van der Waals surface area (Å²) in [6.45, 7) is 0. The Labute approximate surface area is 112 Å². The van der Waals surface area contributed by atoms with Crippen LogP contribution in [0.1, 0.15) is 22.3 Å². The zero-order chi connectivity index (χ0) is 13.2. The first-order valence-corrected chi connectivity index (χ1v) is 6.51. The molecule has 0 saturated carbocycles. The minimum Gasteiger partial charge on any atom is -0.504 e. The van der Waals surface area contributed by atoms with Gasteiger partial charge in [0.25, 0.3) is 0 Å². The van der Waals surface area contributed by atoms with E-state index in [2.05, 4.69) is 30.4 Å². The summed E-state index contributed by atoms with van der Waals surface area (Å²) in [7, 11) is 0. The normalized spacial score (nSPS) is 13.3. The van der Waals surface area contributed by atoms with Gasteiger partial charge in [-0.15, -0.1) is 0 Å². The summed E-state index contributed by atoms with van der Waals surface area (Å²) in [5.74, 6) is -0.137. The van der Waals surface area contributed by atoms with E-state index >= 15 is 0 Å². The summed E-state index contributed by atoms with van der Waals surface area (Å²) in [5.41, 5.74) is 5.14. The molecular weight excluding hydrogens is 236 g/mol. The Kier molecular flexibility index (Phi) is 3.00. The fourth-order valence-corrected chi connectivity index (χ4v) is 2.35. The van der Waals surface area contributed by atoms with Crippen LogP contribution in [-0.4, -0.2) is 10.2 Å². The van der Waals surface area contributed by atoms with Crippen LogP contribution in [0.25, 0.3) is 6.08 Å². The lowest BCUT2D eigenvalue weighted by atomic mass is 9.87. The van der Waals surface area contributed by atoms with Gasteiger partial charge in [-0.3, -0.25) is 0 Å². The topological polar surface area (TPSA) is 40.5 Å². The van der Waals surface area contributed by atoms with Crippen molar-refractivity contribution in [2.75, 3.05) is 0 Å². The maximum absolute atomic E-state index is 9.42. The first kappa shape index (κ1) is 11.8. The van der Waals surface area contributed by atoms with E-state index in [1.807, 2.05) is 6.07 Å². The molecule has 0 unspecified atom stereocenters. The average molecular weight is 252 g/mol. The van der Waals surface area contributed by atoms with Crippen LogP contribution in [0.4, 0.5) is 0 Å². The van der Waals surface area contributed by atoms with Crippen LogP contribution in [0.5, 0.6) is 11.5 Å². The van der Waals surface area contributed by atoms with Gasteiger partial charge in [0.2, 0.25) is 0 Å². The second kappa shape index (κ2) is 4.81. The van der Waals surface area contributed by atoms with Crippen molar-refractivity contribution in [1.82, 2.24) is 0 Å². The molecule has 96 valence electrons. The summed E-state index contributed by atoms with van der Waals surface area (Å²) in [6.07, 6.45) is 7.33. The molecule has 2 heteroatoms. The van der Waals surface area contributed by atoms with Gasteiger partial charge in [-0.25, -0.2) is 0 Å². The number of hydrogen-bond donors (Lipinski definition) is 2. The fraction of sp³-hybridized carbons (Fsp3) is 0.176. The van der Waals surface area contributed by atoms with Gasteiger partial charge in [0.1, 0.15) is 0 Å². The predicted molar refractivity (Wildman–Crippen MR) is 76.4 cm³/mol. The molecule has 0 aliphatic heterocycles. The third-order valence-electron chi connectivity index (χ3n) is 3.60. The summed E-state index contributed by atoms with van der Waals surface area (Å²) >= 11 is 0. The summed E-state index contributed by atoms with van der Waals surface area (Å²) in [6, 6.07) is 11.5. The molecule has 19 heavy (non-hydrogen) atoms. The van der Waals surface area contributed by atoms with Gasteiger partial charge >= 0.3 is 0 Å². The molecule has 1 aliphatic carbocycles. The zero-order valence-corrected chi connectivity index (χ0v) is 10.6. The molecule has 0 amide bonds. The highest BCUT2D eigenvalue weighted by atomic mass is 16.3. The first-order chi connectivity index (χ1) is 9.22. The molecule has 0 saturated heterocycles. The Bertz CT molecular complexity index is 642. The maximum Gasteiger partial charge on any atom is 0.157 e. The molecule has 0 heterocycles. The van der Waals surface area contributed by atoms with Crippen molar-refractivity contribution in [1.29, 1.82) is 0 Å². The molecule has 2 N–H and O–H groups in total. The third-order valence-corrected chi connectivity index (χ3v) is 3.60. The van der Waals surface area contributed by atoms with Crippen LogP contribution in [0, 0.1) is 0 Å². The highest BCUT2D eigenvalue weighted by Gasteiger charge is 2.11. The summed E-state index contributed by atoms with van der Waals surface area (Å²) < 4.78 is 0. The average Bonchev–Trinajstić information content (AvgIpc) is 2.37. The molecule has 0 fully saturated rings. The fourth-order valence-electron chi connectivity index (χ4n) is 2.35. The third kappa shape index (κ3) is 2.48. The number of phenolic OH excluding ortho intramolecular Hbond substituents is 2. The van der Waals surface area contributed by atoms with Gasteiger partial charge in [-0.05, 0) is 53.6 Å². The van der Waals surface area contributed by atoms with Crippen molar-refractivity contribution >= 4 is 6.08 Å². The van der Waals surface area contributed by atoms with Crippen LogP contribution >= 0.6 is 0 Å². The summed E-state index contributed by atoms with van der Waals surface area (Å²) in [5, 5.41) is 18.7. The molecule has 2 nitrogen and oxygen atoms in total. The van der Waals surface area contributed by atoms with Crippen molar-refractivity contribution in [2.45, 2.75) is 19.3 Å². The smallest absolute Gasteiger partial charge is 0.157 e.